The quantitative estimate of drug-likeness (QED) is 0.643. The number of non-ortho nitro benzene ring substituents is 1. The Morgan fingerprint density at radius 3 is 2.62 bits per heavy atom. The Labute approximate surface area is 83.5 Å². The van der Waals surface area contributed by atoms with E-state index in [0.29, 0.717) is 10.0 Å². The number of nitrogens with zero attached hydrogens (tertiary/aromatic N) is 1. The molecule has 1 rings (SSSR count). The molecule has 1 aromatic rings. The molecule has 4 nitrogen and oxygen atoms in total. The van der Waals surface area contributed by atoms with Gasteiger partial charge in [-0.1, -0.05) is 15.9 Å². The highest BCUT2D eigenvalue weighted by molar-refractivity contribution is 9.10. The van der Waals surface area contributed by atoms with Crippen LogP contribution < -0.4 is 0 Å². The second-order valence-electron chi connectivity index (χ2n) is 2.68. The summed E-state index contributed by atoms with van der Waals surface area (Å²) in [5, 5.41) is 19.6. The SMILES string of the molecule is C[C@@H](O)c1cc(Br)cc([N+](=O)[O-])c1. The molecule has 0 heterocycles. The van der Waals surface area contributed by atoms with Crippen LogP contribution in [-0.4, -0.2) is 10.0 Å². The molecule has 0 spiro atoms. The third kappa shape index (κ3) is 2.50. The third-order valence-electron chi connectivity index (χ3n) is 1.60. The molecule has 13 heavy (non-hydrogen) atoms. The minimum atomic E-state index is -0.698. The van der Waals surface area contributed by atoms with Crippen molar-refractivity contribution in [3.63, 3.8) is 0 Å². The largest absolute Gasteiger partial charge is 0.389 e. The van der Waals surface area contributed by atoms with Gasteiger partial charge in [0.05, 0.1) is 11.0 Å². The monoisotopic (exact) mass is 245 g/mol. The second-order valence-corrected chi connectivity index (χ2v) is 3.59. The van der Waals surface area contributed by atoms with Crippen LogP contribution in [0.3, 0.4) is 0 Å². The molecule has 5 heteroatoms. The zero-order valence-electron chi connectivity index (χ0n) is 6.90. The molecule has 0 saturated carbocycles. The third-order valence-corrected chi connectivity index (χ3v) is 2.06. The molecule has 0 unspecified atom stereocenters. The van der Waals surface area contributed by atoms with Crippen molar-refractivity contribution < 1.29 is 10.0 Å². The Morgan fingerprint density at radius 1 is 1.54 bits per heavy atom. The first-order valence-electron chi connectivity index (χ1n) is 3.63. The molecule has 0 amide bonds. The van der Waals surface area contributed by atoms with Crippen LogP contribution in [0.15, 0.2) is 22.7 Å². The van der Waals surface area contributed by atoms with Crippen LogP contribution in [0.25, 0.3) is 0 Å². The molecular formula is C8H8BrNO3. The van der Waals surface area contributed by atoms with E-state index in [9.17, 15) is 15.2 Å². The number of aliphatic hydroxyl groups excluding tert-OH is 1. The lowest BCUT2D eigenvalue weighted by Crippen LogP contribution is -1.94. The van der Waals surface area contributed by atoms with Crippen LogP contribution in [0.4, 0.5) is 5.69 Å². The molecule has 0 saturated heterocycles. The molecule has 1 aromatic carbocycles. The number of hydrogen-bond acceptors (Lipinski definition) is 3. The fourth-order valence-corrected chi connectivity index (χ4v) is 1.44. The van der Waals surface area contributed by atoms with Crippen LogP contribution in [0.1, 0.15) is 18.6 Å². The van der Waals surface area contributed by atoms with E-state index in [2.05, 4.69) is 15.9 Å². The van der Waals surface area contributed by atoms with E-state index in [0.717, 1.165) is 0 Å². The maximum Gasteiger partial charge on any atom is 0.270 e. The van der Waals surface area contributed by atoms with Gasteiger partial charge >= 0.3 is 0 Å². The van der Waals surface area contributed by atoms with Crippen LogP contribution in [0.5, 0.6) is 0 Å². The number of rotatable bonds is 2. The van der Waals surface area contributed by atoms with Crippen molar-refractivity contribution in [1.29, 1.82) is 0 Å². The van der Waals surface area contributed by atoms with Gasteiger partial charge in [-0.25, -0.2) is 0 Å². The summed E-state index contributed by atoms with van der Waals surface area (Å²) in [6.45, 7) is 1.56. The first-order valence-corrected chi connectivity index (χ1v) is 4.43. The first kappa shape index (κ1) is 10.1. The summed E-state index contributed by atoms with van der Waals surface area (Å²) in [6.07, 6.45) is -0.698. The molecule has 0 aromatic heterocycles. The highest BCUT2D eigenvalue weighted by atomic mass is 79.9. The highest BCUT2D eigenvalue weighted by Gasteiger charge is 2.10. The number of hydrogen-bond donors (Lipinski definition) is 1. The molecule has 0 fully saturated rings. The Bertz CT molecular complexity index is 338. The van der Waals surface area contributed by atoms with Gasteiger partial charge < -0.3 is 5.11 Å². The Morgan fingerprint density at radius 2 is 2.15 bits per heavy atom. The maximum atomic E-state index is 10.4. The average molecular weight is 246 g/mol. The van der Waals surface area contributed by atoms with E-state index in [1.165, 1.54) is 12.1 Å². The van der Waals surface area contributed by atoms with Gasteiger partial charge in [0.25, 0.3) is 5.69 Å². The molecule has 1 N–H and O–H groups in total. The van der Waals surface area contributed by atoms with Gasteiger partial charge in [-0.3, -0.25) is 10.1 Å². The summed E-state index contributed by atoms with van der Waals surface area (Å²) < 4.78 is 0.595. The Hall–Kier alpha value is -0.940. The zero-order valence-corrected chi connectivity index (χ0v) is 8.48. The van der Waals surface area contributed by atoms with Gasteiger partial charge in [-0.15, -0.1) is 0 Å². The minimum absolute atomic E-state index is 0.0229. The lowest BCUT2D eigenvalue weighted by atomic mass is 10.1. The normalized spacial score (nSPS) is 12.5. The van der Waals surface area contributed by atoms with Crippen molar-refractivity contribution >= 4 is 21.6 Å². The fourth-order valence-electron chi connectivity index (χ4n) is 0.943. The molecule has 0 aliphatic carbocycles. The van der Waals surface area contributed by atoms with Crippen LogP contribution >= 0.6 is 15.9 Å². The van der Waals surface area contributed by atoms with E-state index >= 15 is 0 Å². The number of aliphatic hydroxyl groups is 1. The van der Waals surface area contributed by atoms with Gasteiger partial charge in [0.1, 0.15) is 0 Å². The van der Waals surface area contributed by atoms with Crippen molar-refractivity contribution in [3.8, 4) is 0 Å². The van der Waals surface area contributed by atoms with Crippen molar-refractivity contribution in [2.24, 2.45) is 0 Å². The lowest BCUT2D eigenvalue weighted by Gasteiger charge is -2.04. The van der Waals surface area contributed by atoms with Crippen molar-refractivity contribution in [2.75, 3.05) is 0 Å². The van der Waals surface area contributed by atoms with Gasteiger partial charge in [0.15, 0.2) is 0 Å². The molecule has 1 atom stereocenters. The standard InChI is InChI=1S/C8H8BrNO3/c1-5(11)6-2-7(9)4-8(3-6)10(12)13/h2-5,11H,1H3/t5-/m1/s1. The van der Waals surface area contributed by atoms with E-state index in [-0.39, 0.29) is 5.69 Å². The molecule has 0 radical (unpaired) electrons. The fraction of sp³-hybridized carbons (Fsp3) is 0.250. The summed E-state index contributed by atoms with van der Waals surface area (Å²) in [5.41, 5.74) is 0.506. The minimum Gasteiger partial charge on any atom is -0.389 e. The van der Waals surface area contributed by atoms with Gasteiger partial charge in [0, 0.05) is 16.6 Å². The Balaban J connectivity index is 3.19. The summed E-state index contributed by atoms with van der Waals surface area (Å²) in [7, 11) is 0. The molecule has 70 valence electrons. The number of benzene rings is 1. The van der Waals surface area contributed by atoms with Crippen LogP contribution in [-0.2, 0) is 0 Å². The maximum absolute atomic E-state index is 10.4. The first-order chi connectivity index (χ1) is 6.00. The number of nitro benzene ring substituents is 1. The zero-order chi connectivity index (χ0) is 10.0. The predicted molar refractivity (Wildman–Crippen MR) is 51.4 cm³/mol. The molecular weight excluding hydrogens is 238 g/mol. The lowest BCUT2D eigenvalue weighted by molar-refractivity contribution is -0.385. The Kier molecular flexibility index (Phi) is 3.00. The van der Waals surface area contributed by atoms with Crippen LogP contribution in [0, 0.1) is 10.1 Å². The van der Waals surface area contributed by atoms with Gasteiger partial charge in [-0.05, 0) is 18.6 Å². The highest BCUT2D eigenvalue weighted by Crippen LogP contribution is 2.24. The summed E-state index contributed by atoms with van der Waals surface area (Å²) in [6, 6.07) is 4.40. The van der Waals surface area contributed by atoms with Gasteiger partial charge in [0.2, 0.25) is 0 Å². The smallest absolute Gasteiger partial charge is 0.270 e. The van der Waals surface area contributed by atoms with Crippen molar-refractivity contribution in [3.05, 3.63) is 38.3 Å². The molecule has 0 aliphatic rings. The number of halogens is 1. The van der Waals surface area contributed by atoms with Crippen molar-refractivity contribution in [2.45, 2.75) is 13.0 Å². The predicted octanol–water partition coefficient (Wildman–Crippen LogP) is 2.41. The topological polar surface area (TPSA) is 63.4 Å². The van der Waals surface area contributed by atoms with E-state index in [1.54, 1.807) is 13.0 Å². The second kappa shape index (κ2) is 3.85. The number of nitro groups is 1. The van der Waals surface area contributed by atoms with Crippen LogP contribution in [0.2, 0.25) is 0 Å². The van der Waals surface area contributed by atoms with Crippen molar-refractivity contribution in [1.82, 2.24) is 0 Å². The average Bonchev–Trinajstić information content (AvgIpc) is 2.03. The van der Waals surface area contributed by atoms with E-state index in [4.69, 9.17) is 0 Å². The van der Waals surface area contributed by atoms with Gasteiger partial charge in [-0.2, -0.15) is 0 Å². The summed E-state index contributed by atoms with van der Waals surface area (Å²) in [5.74, 6) is 0. The summed E-state index contributed by atoms with van der Waals surface area (Å²) in [4.78, 5) is 9.94. The molecule has 0 aliphatic heterocycles. The van der Waals surface area contributed by atoms with E-state index in [1.807, 2.05) is 0 Å². The van der Waals surface area contributed by atoms with E-state index < -0.39 is 11.0 Å². The summed E-state index contributed by atoms with van der Waals surface area (Å²) >= 11 is 3.13. The molecule has 0 bridgehead atoms.